The van der Waals surface area contributed by atoms with Gasteiger partial charge in [0.05, 0.1) is 6.10 Å². The number of hydrogen-bond acceptors (Lipinski definition) is 3. The molecule has 20 heavy (non-hydrogen) atoms. The lowest BCUT2D eigenvalue weighted by Crippen LogP contribution is -2.31. The molecule has 1 fully saturated rings. The summed E-state index contributed by atoms with van der Waals surface area (Å²) in [6.07, 6.45) is 6.92. The monoisotopic (exact) mass is 276 g/mol. The Morgan fingerprint density at radius 2 is 1.80 bits per heavy atom. The van der Waals surface area contributed by atoms with E-state index < -0.39 is 6.10 Å². The van der Waals surface area contributed by atoms with Crippen LogP contribution in [0, 0.1) is 0 Å². The van der Waals surface area contributed by atoms with Crippen LogP contribution in [0.25, 0.3) is 0 Å². The van der Waals surface area contributed by atoms with Crippen molar-refractivity contribution >= 4 is 17.3 Å². The van der Waals surface area contributed by atoms with Crippen molar-refractivity contribution in [2.24, 2.45) is 0 Å². The number of benzene rings is 1. The minimum Gasteiger partial charge on any atom is -0.399 e. The molecule has 0 saturated heterocycles. The largest absolute Gasteiger partial charge is 0.399 e. The fourth-order valence-electron chi connectivity index (χ4n) is 2.54. The van der Waals surface area contributed by atoms with E-state index in [1.54, 1.807) is 24.3 Å². The van der Waals surface area contributed by atoms with Crippen LogP contribution in [-0.2, 0) is 9.53 Å². The SMILES string of the molecule is CC(OC1CCCCCC1)C(=O)Nc1ccc(N)cc1. The van der Waals surface area contributed by atoms with E-state index in [0.29, 0.717) is 5.69 Å². The normalized spacial score (nSPS) is 18.2. The van der Waals surface area contributed by atoms with Gasteiger partial charge in [-0.1, -0.05) is 25.7 Å². The van der Waals surface area contributed by atoms with Gasteiger partial charge in [-0.3, -0.25) is 4.79 Å². The molecule has 0 bridgehead atoms. The van der Waals surface area contributed by atoms with Crippen molar-refractivity contribution in [3.05, 3.63) is 24.3 Å². The van der Waals surface area contributed by atoms with Gasteiger partial charge in [0.1, 0.15) is 6.10 Å². The van der Waals surface area contributed by atoms with Crippen LogP contribution in [0.5, 0.6) is 0 Å². The lowest BCUT2D eigenvalue weighted by atomic mass is 10.1. The van der Waals surface area contributed by atoms with Crippen LogP contribution in [0.3, 0.4) is 0 Å². The molecule has 3 N–H and O–H groups in total. The van der Waals surface area contributed by atoms with Crippen LogP contribution < -0.4 is 11.1 Å². The Morgan fingerprint density at radius 3 is 2.40 bits per heavy atom. The molecule has 1 aliphatic carbocycles. The molecule has 0 aliphatic heterocycles. The molecule has 1 aliphatic rings. The highest BCUT2D eigenvalue weighted by atomic mass is 16.5. The molecule has 0 heterocycles. The summed E-state index contributed by atoms with van der Waals surface area (Å²) in [7, 11) is 0. The van der Waals surface area contributed by atoms with Crippen LogP contribution in [0.4, 0.5) is 11.4 Å². The summed E-state index contributed by atoms with van der Waals surface area (Å²) in [5, 5.41) is 2.85. The quantitative estimate of drug-likeness (QED) is 0.655. The van der Waals surface area contributed by atoms with Gasteiger partial charge in [-0.15, -0.1) is 0 Å². The van der Waals surface area contributed by atoms with Gasteiger partial charge in [-0.05, 0) is 44.0 Å². The number of carbonyl (C=O) groups is 1. The van der Waals surface area contributed by atoms with Crippen molar-refractivity contribution < 1.29 is 9.53 Å². The molecular formula is C16H24N2O2. The number of hydrogen-bond donors (Lipinski definition) is 2. The highest BCUT2D eigenvalue weighted by molar-refractivity contribution is 5.94. The third kappa shape index (κ3) is 4.53. The van der Waals surface area contributed by atoms with Gasteiger partial charge in [0.2, 0.25) is 0 Å². The minimum atomic E-state index is -0.421. The topological polar surface area (TPSA) is 64.3 Å². The van der Waals surface area contributed by atoms with Crippen LogP contribution in [0.15, 0.2) is 24.3 Å². The van der Waals surface area contributed by atoms with Crippen molar-refractivity contribution in [2.45, 2.75) is 57.7 Å². The smallest absolute Gasteiger partial charge is 0.253 e. The number of nitrogens with two attached hydrogens (primary N) is 1. The third-order valence-electron chi connectivity index (χ3n) is 3.75. The van der Waals surface area contributed by atoms with E-state index in [-0.39, 0.29) is 12.0 Å². The van der Waals surface area contributed by atoms with Crippen molar-refractivity contribution in [1.29, 1.82) is 0 Å². The van der Waals surface area contributed by atoms with Crippen molar-refractivity contribution in [2.75, 3.05) is 11.1 Å². The van der Waals surface area contributed by atoms with E-state index >= 15 is 0 Å². The Balaban J connectivity index is 1.83. The molecule has 0 aromatic heterocycles. The summed E-state index contributed by atoms with van der Waals surface area (Å²) in [5.41, 5.74) is 7.05. The standard InChI is InChI=1S/C16H24N2O2/c1-12(20-15-6-4-2-3-5-7-15)16(19)18-14-10-8-13(17)9-11-14/h8-12,15H,2-7,17H2,1H3,(H,18,19). The van der Waals surface area contributed by atoms with Gasteiger partial charge in [0.25, 0.3) is 5.91 Å². The van der Waals surface area contributed by atoms with Crippen LogP contribution in [-0.4, -0.2) is 18.1 Å². The fourth-order valence-corrected chi connectivity index (χ4v) is 2.54. The first kappa shape index (κ1) is 14.9. The molecule has 1 atom stereocenters. The summed E-state index contributed by atoms with van der Waals surface area (Å²) in [6.45, 7) is 1.82. The molecule has 110 valence electrons. The highest BCUT2D eigenvalue weighted by Crippen LogP contribution is 2.21. The molecule has 2 rings (SSSR count). The maximum Gasteiger partial charge on any atom is 0.253 e. The second-order valence-electron chi connectivity index (χ2n) is 5.50. The molecule has 4 heteroatoms. The second-order valence-corrected chi connectivity index (χ2v) is 5.50. The Hall–Kier alpha value is -1.55. The van der Waals surface area contributed by atoms with Gasteiger partial charge >= 0.3 is 0 Å². The molecule has 1 saturated carbocycles. The molecule has 0 spiro atoms. The first-order valence-electron chi connectivity index (χ1n) is 7.47. The maximum absolute atomic E-state index is 12.1. The summed E-state index contributed by atoms with van der Waals surface area (Å²) < 4.78 is 5.89. The summed E-state index contributed by atoms with van der Waals surface area (Å²) >= 11 is 0. The molecule has 1 unspecified atom stereocenters. The van der Waals surface area contributed by atoms with Crippen LogP contribution >= 0.6 is 0 Å². The number of rotatable bonds is 4. The summed E-state index contributed by atoms with van der Waals surface area (Å²) in [6, 6.07) is 7.13. The molecule has 1 amide bonds. The molecular weight excluding hydrogens is 252 g/mol. The predicted octanol–water partition coefficient (Wildman–Crippen LogP) is 3.34. The van der Waals surface area contributed by atoms with E-state index in [2.05, 4.69) is 5.32 Å². The van der Waals surface area contributed by atoms with E-state index in [4.69, 9.17) is 10.5 Å². The Bertz CT molecular complexity index is 423. The highest BCUT2D eigenvalue weighted by Gasteiger charge is 2.20. The fraction of sp³-hybridized carbons (Fsp3) is 0.562. The van der Waals surface area contributed by atoms with Gasteiger partial charge in [0.15, 0.2) is 0 Å². The zero-order valence-electron chi connectivity index (χ0n) is 12.1. The number of nitrogen functional groups attached to an aromatic ring is 1. The lowest BCUT2D eigenvalue weighted by molar-refractivity contribution is -0.130. The summed E-state index contributed by atoms with van der Waals surface area (Å²) in [4.78, 5) is 12.1. The first-order valence-corrected chi connectivity index (χ1v) is 7.47. The Labute approximate surface area is 120 Å². The third-order valence-corrected chi connectivity index (χ3v) is 3.75. The number of nitrogens with one attached hydrogen (secondary N) is 1. The molecule has 1 aromatic rings. The number of anilines is 2. The van der Waals surface area contributed by atoms with E-state index in [9.17, 15) is 4.79 Å². The van der Waals surface area contributed by atoms with Gasteiger partial charge < -0.3 is 15.8 Å². The number of carbonyl (C=O) groups excluding carboxylic acids is 1. The first-order chi connectivity index (χ1) is 9.65. The lowest BCUT2D eigenvalue weighted by Gasteiger charge is -2.20. The summed E-state index contributed by atoms with van der Waals surface area (Å²) in [5.74, 6) is -0.0981. The van der Waals surface area contributed by atoms with E-state index in [1.807, 2.05) is 6.92 Å². The predicted molar refractivity (Wildman–Crippen MR) is 81.5 cm³/mol. The van der Waals surface area contributed by atoms with Crippen molar-refractivity contribution in [3.63, 3.8) is 0 Å². The van der Waals surface area contributed by atoms with Gasteiger partial charge in [-0.25, -0.2) is 0 Å². The zero-order chi connectivity index (χ0) is 14.4. The van der Waals surface area contributed by atoms with Crippen molar-refractivity contribution in [1.82, 2.24) is 0 Å². The minimum absolute atomic E-state index is 0.0981. The number of amides is 1. The van der Waals surface area contributed by atoms with Gasteiger partial charge in [-0.2, -0.15) is 0 Å². The van der Waals surface area contributed by atoms with Crippen LogP contribution in [0.2, 0.25) is 0 Å². The average Bonchev–Trinajstić information content (AvgIpc) is 2.70. The van der Waals surface area contributed by atoms with E-state index in [0.717, 1.165) is 18.5 Å². The second kappa shape index (κ2) is 7.29. The van der Waals surface area contributed by atoms with Crippen molar-refractivity contribution in [3.8, 4) is 0 Å². The molecule has 4 nitrogen and oxygen atoms in total. The van der Waals surface area contributed by atoms with Crippen LogP contribution in [0.1, 0.15) is 45.4 Å². The Morgan fingerprint density at radius 1 is 1.20 bits per heavy atom. The Kier molecular flexibility index (Phi) is 5.41. The molecule has 1 aromatic carbocycles. The maximum atomic E-state index is 12.1. The van der Waals surface area contributed by atoms with E-state index in [1.165, 1.54) is 25.7 Å². The molecule has 0 radical (unpaired) electrons. The average molecular weight is 276 g/mol. The number of ether oxygens (including phenoxy) is 1. The zero-order valence-corrected chi connectivity index (χ0v) is 12.1. The van der Waals surface area contributed by atoms with Gasteiger partial charge in [0, 0.05) is 11.4 Å².